The molecule has 2 N–H and O–H groups in total. The number of fused-ring (bicyclic) bond motifs is 1. The highest BCUT2D eigenvalue weighted by atomic mass is 16.6. The summed E-state index contributed by atoms with van der Waals surface area (Å²) >= 11 is 0. The minimum atomic E-state index is -0.297. The van der Waals surface area contributed by atoms with E-state index in [2.05, 4.69) is 0 Å². The molecule has 0 amide bonds. The summed E-state index contributed by atoms with van der Waals surface area (Å²) in [5.41, 5.74) is 6.43. The number of nitrogens with two attached hydrogens (primary N) is 1. The van der Waals surface area contributed by atoms with Crippen LogP contribution >= 0.6 is 0 Å². The van der Waals surface area contributed by atoms with E-state index in [1.807, 2.05) is 30.3 Å². The molecule has 0 aliphatic carbocycles. The van der Waals surface area contributed by atoms with Crippen LogP contribution in [-0.4, -0.2) is 11.5 Å². The van der Waals surface area contributed by atoms with E-state index in [9.17, 15) is 10.1 Å². The van der Waals surface area contributed by atoms with Crippen molar-refractivity contribution in [1.29, 1.82) is 0 Å². The van der Waals surface area contributed by atoms with Gasteiger partial charge in [0.25, 0.3) is 5.69 Å². The number of hydrogen-bond acceptors (Lipinski definition) is 3. The standard InChI is InChI=1S/C13H14N2O2/c14-9-3-5-11-8-7-10-4-1-2-6-12(10)13(11)15(16)17/h1-2,4,6-8H,3,5,9,14H2. The molecule has 0 atom stereocenters. The van der Waals surface area contributed by atoms with Crippen molar-refractivity contribution < 1.29 is 4.92 Å². The first-order valence-electron chi connectivity index (χ1n) is 5.59. The van der Waals surface area contributed by atoms with Crippen molar-refractivity contribution in [2.75, 3.05) is 6.54 Å². The Morgan fingerprint density at radius 1 is 1.18 bits per heavy atom. The van der Waals surface area contributed by atoms with E-state index in [0.29, 0.717) is 18.4 Å². The van der Waals surface area contributed by atoms with Gasteiger partial charge in [-0.1, -0.05) is 30.3 Å². The molecule has 0 bridgehead atoms. The maximum Gasteiger partial charge on any atom is 0.280 e. The predicted octanol–water partition coefficient (Wildman–Crippen LogP) is 2.64. The predicted molar refractivity (Wildman–Crippen MR) is 68.0 cm³/mol. The fraction of sp³-hybridized carbons (Fsp3) is 0.231. The van der Waals surface area contributed by atoms with Crippen LogP contribution in [0.1, 0.15) is 12.0 Å². The molecule has 0 unspecified atom stereocenters. The second-order valence-electron chi connectivity index (χ2n) is 3.94. The number of nitro groups is 1. The zero-order chi connectivity index (χ0) is 12.3. The van der Waals surface area contributed by atoms with Gasteiger partial charge in [0.15, 0.2) is 0 Å². The smallest absolute Gasteiger partial charge is 0.280 e. The third-order valence-corrected chi connectivity index (χ3v) is 2.82. The summed E-state index contributed by atoms with van der Waals surface area (Å²) in [4.78, 5) is 10.9. The second-order valence-corrected chi connectivity index (χ2v) is 3.94. The Bertz CT molecular complexity index is 552. The van der Waals surface area contributed by atoms with Crippen LogP contribution in [0, 0.1) is 10.1 Å². The fourth-order valence-electron chi connectivity index (χ4n) is 2.01. The molecule has 0 saturated heterocycles. The number of benzene rings is 2. The van der Waals surface area contributed by atoms with Gasteiger partial charge in [0.1, 0.15) is 0 Å². The van der Waals surface area contributed by atoms with Gasteiger partial charge in [-0.2, -0.15) is 0 Å². The minimum Gasteiger partial charge on any atom is -0.330 e. The van der Waals surface area contributed by atoms with Gasteiger partial charge in [-0.25, -0.2) is 0 Å². The molecule has 2 aromatic carbocycles. The number of nitro benzene ring substituents is 1. The maximum atomic E-state index is 11.2. The quantitative estimate of drug-likeness (QED) is 0.648. The third kappa shape index (κ3) is 2.26. The van der Waals surface area contributed by atoms with Crippen LogP contribution < -0.4 is 5.73 Å². The average Bonchev–Trinajstić information content (AvgIpc) is 2.35. The lowest BCUT2D eigenvalue weighted by molar-refractivity contribution is -0.383. The average molecular weight is 230 g/mol. The molecule has 0 aromatic heterocycles. The van der Waals surface area contributed by atoms with Crippen LogP contribution in [0.15, 0.2) is 36.4 Å². The highest BCUT2D eigenvalue weighted by molar-refractivity contribution is 5.92. The molecule has 4 heteroatoms. The first-order chi connectivity index (χ1) is 8.24. The van der Waals surface area contributed by atoms with Gasteiger partial charge in [0, 0.05) is 5.56 Å². The molecule has 0 saturated carbocycles. The lowest BCUT2D eigenvalue weighted by atomic mass is 10.0. The van der Waals surface area contributed by atoms with Crippen LogP contribution in [0.25, 0.3) is 10.8 Å². The van der Waals surface area contributed by atoms with Gasteiger partial charge in [-0.15, -0.1) is 0 Å². The largest absolute Gasteiger partial charge is 0.330 e. The van der Waals surface area contributed by atoms with Gasteiger partial charge in [-0.05, 0) is 30.8 Å². The van der Waals surface area contributed by atoms with Crippen LogP contribution in [0.2, 0.25) is 0 Å². The van der Waals surface area contributed by atoms with Crippen molar-refractivity contribution >= 4 is 16.5 Å². The Hall–Kier alpha value is -1.94. The topological polar surface area (TPSA) is 69.2 Å². The number of aryl methyl sites for hydroxylation is 1. The summed E-state index contributed by atoms with van der Waals surface area (Å²) in [5, 5.41) is 12.8. The van der Waals surface area contributed by atoms with Gasteiger partial charge in [0.05, 0.1) is 10.3 Å². The molecule has 17 heavy (non-hydrogen) atoms. The molecule has 2 aromatic rings. The molecule has 0 spiro atoms. The number of hydrogen-bond donors (Lipinski definition) is 1. The molecule has 0 aliphatic rings. The van der Waals surface area contributed by atoms with Crippen molar-refractivity contribution in [1.82, 2.24) is 0 Å². The van der Waals surface area contributed by atoms with E-state index in [1.54, 1.807) is 6.07 Å². The van der Waals surface area contributed by atoms with E-state index in [0.717, 1.165) is 17.4 Å². The van der Waals surface area contributed by atoms with E-state index >= 15 is 0 Å². The third-order valence-electron chi connectivity index (χ3n) is 2.82. The Morgan fingerprint density at radius 2 is 1.94 bits per heavy atom. The van der Waals surface area contributed by atoms with Crippen molar-refractivity contribution in [3.05, 3.63) is 52.1 Å². The highest BCUT2D eigenvalue weighted by Crippen LogP contribution is 2.30. The molecular formula is C13H14N2O2. The number of nitrogens with zero attached hydrogens (tertiary/aromatic N) is 1. The molecular weight excluding hydrogens is 216 g/mol. The van der Waals surface area contributed by atoms with E-state index in [1.165, 1.54) is 0 Å². The Kier molecular flexibility index (Phi) is 3.35. The van der Waals surface area contributed by atoms with E-state index in [4.69, 9.17) is 5.73 Å². The van der Waals surface area contributed by atoms with Crippen molar-refractivity contribution in [3.63, 3.8) is 0 Å². The van der Waals surface area contributed by atoms with E-state index < -0.39 is 0 Å². The first kappa shape index (κ1) is 11.5. The van der Waals surface area contributed by atoms with Crippen molar-refractivity contribution in [2.24, 2.45) is 5.73 Å². The lowest BCUT2D eigenvalue weighted by Gasteiger charge is -2.05. The molecule has 0 heterocycles. The number of rotatable bonds is 4. The van der Waals surface area contributed by atoms with Crippen LogP contribution in [0.5, 0.6) is 0 Å². The zero-order valence-electron chi connectivity index (χ0n) is 9.43. The Balaban J connectivity index is 2.60. The van der Waals surface area contributed by atoms with Gasteiger partial charge < -0.3 is 5.73 Å². The molecule has 88 valence electrons. The summed E-state index contributed by atoms with van der Waals surface area (Å²) in [6.07, 6.45) is 1.41. The molecule has 0 radical (unpaired) electrons. The molecule has 0 aliphatic heterocycles. The zero-order valence-corrected chi connectivity index (χ0v) is 9.43. The summed E-state index contributed by atoms with van der Waals surface area (Å²) in [6, 6.07) is 11.1. The van der Waals surface area contributed by atoms with Gasteiger partial charge in [0.2, 0.25) is 0 Å². The van der Waals surface area contributed by atoms with E-state index in [-0.39, 0.29) is 10.6 Å². The monoisotopic (exact) mass is 230 g/mol. The van der Waals surface area contributed by atoms with Crippen LogP contribution in [0.4, 0.5) is 5.69 Å². The first-order valence-corrected chi connectivity index (χ1v) is 5.59. The lowest BCUT2D eigenvalue weighted by Crippen LogP contribution is -2.03. The Labute approximate surface area is 99.2 Å². The summed E-state index contributed by atoms with van der Waals surface area (Å²) < 4.78 is 0. The minimum absolute atomic E-state index is 0.219. The molecule has 0 fully saturated rings. The van der Waals surface area contributed by atoms with Gasteiger partial charge >= 0.3 is 0 Å². The van der Waals surface area contributed by atoms with Crippen molar-refractivity contribution in [2.45, 2.75) is 12.8 Å². The maximum absolute atomic E-state index is 11.2. The normalized spacial score (nSPS) is 10.6. The molecule has 4 nitrogen and oxygen atoms in total. The SMILES string of the molecule is NCCCc1ccc2ccccc2c1[N+](=O)[O-]. The summed E-state index contributed by atoms with van der Waals surface area (Å²) in [7, 11) is 0. The van der Waals surface area contributed by atoms with Gasteiger partial charge in [-0.3, -0.25) is 10.1 Å². The van der Waals surface area contributed by atoms with Crippen LogP contribution in [0.3, 0.4) is 0 Å². The van der Waals surface area contributed by atoms with Crippen LogP contribution in [-0.2, 0) is 6.42 Å². The fourth-order valence-corrected chi connectivity index (χ4v) is 2.01. The second kappa shape index (κ2) is 4.93. The molecule has 2 rings (SSSR count). The summed E-state index contributed by atoms with van der Waals surface area (Å²) in [5.74, 6) is 0. The summed E-state index contributed by atoms with van der Waals surface area (Å²) in [6.45, 7) is 0.546. The highest BCUT2D eigenvalue weighted by Gasteiger charge is 2.17. The Morgan fingerprint density at radius 3 is 2.65 bits per heavy atom. The van der Waals surface area contributed by atoms with Crippen molar-refractivity contribution in [3.8, 4) is 0 Å².